The second kappa shape index (κ2) is 15.5. The Kier molecular flexibility index (Phi) is 10.6. The first-order valence-electron chi connectivity index (χ1n) is 17.3. The van der Waals surface area contributed by atoms with E-state index in [-0.39, 0.29) is 41.5 Å². The van der Waals surface area contributed by atoms with Crippen LogP contribution in [0.15, 0.2) is 97.3 Å². The topological polar surface area (TPSA) is 155 Å². The summed E-state index contributed by atoms with van der Waals surface area (Å²) in [7, 11) is 0. The first-order chi connectivity index (χ1) is 25.6. The lowest BCUT2D eigenvalue weighted by molar-refractivity contribution is -0.211. The number of imidazole rings is 1. The van der Waals surface area contributed by atoms with Gasteiger partial charge in [-0.15, -0.1) is 0 Å². The zero-order valence-corrected chi connectivity index (χ0v) is 28.5. The second-order valence-corrected chi connectivity index (χ2v) is 13.4. The number of nitrogens with one attached hydrogen (secondary N) is 1. The quantitative estimate of drug-likeness (QED) is 0.137. The highest BCUT2D eigenvalue weighted by atomic mass is 19.4. The second-order valence-electron chi connectivity index (χ2n) is 13.4. The van der Waals surface area contributed by atoms with E-state index in [9.17, 15) is 33.3 Å². The normalized spacial score (nSPS) is 23.2. The Morgan fingerprint density at radius 1 is 0.906 bits per heavy atom. The summed E-state index contributed by atoms with van der Waals surface area (Å²) in [4.78, 5) is 28.2. The maximum Gasteiger partial charge on any atom is 0.490 e. The van der Waals surface area contributed by atoms with E-state index < -0.39 is 43.3 Å². The molecule has 0 bridgehead atoms. The first kappa shape index (κ1) is 36.3. The van der Waals surface area contributed by atoms with Gasteiger partial charge in [-0.1, -0.05) is 91.0 Å². The van der Waals surface area contributed by atoms with Crippen molar-refractivity contribution in [3.8, 4) is 0 Å². The molecule has 4 heterocycles. The number of aliphatic hydroxyl groups is 3. The van der Waals surface area contributed by atoms with Crippen LogP contribution in [0.4, 0.5) is 24.9 Å². The molecule has 15 heteroatoms. The van der Waals surface area contributed by atoms with Gasteiger partial charge in [0, 0.05) is 38.1 Å². The predicted octanol–water partition coefficient (Wildman–Crippen LogP) is 4.08. The van der Waals surface area contributed by atoms with E-state index in [0.29, 0.717) is 31.9 Å². The van der Waals surface area contributed by atoms with Crippen molar-refractivity contribution < 1.29 is 42.8 Å². The van der Waals surface area contributed by atoms with E-state index in [4.69, 9.17) is 19.4 Å². The van der Waals surface area contributed by atoms with Gasteiger partial charge in [-0.2, -0.15) is 23.1 Å². The van der Waals surface area contributed by atoms with Gasteiger partial charge < -0.3 is 35.0 Å². The molecule has 0 saturated carbocycles. The summed E-state index contributed by atoms with van der Waals surface area (Å²) < 4.78 is 51.8. The minimum Gasteiger partial charge on any atom is -0.448 e. The number of hydrogen-bond donors (Lipinski definition) is 4. The molecule has 4 N–H and O–H groups in total. The van der Waals surface area contributed by atoms with Crippen LogP contribution in [0.3, 0.4) is 0 Å². The Balaban J connectivity index is 1.28. The molecule has 2 aliphatic rings. The number of anilines is 2. The highest BCUT2D eigenvalue weighted by Crippen LogP contribution is 2.38. The van der Waals surface area contributed by atoms with E-state index in [2.05, 4.69) is 10.3 Å². The molecule has 2 aliphatic heterocycles. The van der Waals surface area contributed by atoms with Crippen molar-refractivity contribution in [2.24, 2.45) is 11.8 Å². The third kappa shape index (κ3) is 7.69. The summed E-state index contributed by atoms with van der Waals surface area (Å²) in [6.07, 6.45) is -9.87. The molecule has 0 spiro atoms. The van der Waals surface area contributed by atoms with Crippen LogP contribution in [0.5, 0.6) is 0 Å². The van der Waals surface area contributed by atoms with Crippen LogP contribution in [0.1, 0.15) is 28.8 Å². The largest absolute Gasteiger partial charge is 0.490 e. The summed E-state index contributed by atoms with van der Waals surface area (Å²) in [6, 6.07) is 29.8. The number of hydrogen-bond acceptors (Lipinski definition) is 11. The van der Waals surface area contributed by atoms with Crippen LogP contribution in [-0.2, 0) is 20.7 Å². The smallest absolute Gasteiger partial charge is 0.448 e. The maximum absolute atomic E-state index is 13.3. The fourth-order valence-corrected chi connectivity index (χ4v) is 7.22. The van der Waals surface area contributed by atoms with Gasteiger partial charge in [-0.05, 0) is 29.0 Å². The van der Waals surface area contributed by atoms with Gasteiger partial charge in [-0.25, -0.2) is 9.78 Å². The molecule has 0 aliphatic carbocycles. The van der Waals surface area contributed by atoms with Crippen LogP contribution in [0, 0.1) is 11.8 Å². The van der Waals surface area contributed by atoms with Crippen LogP contribution in [0.25, 0.3) is 11.2 Å². The van der Waals surface area contributed by atoms with Gasteiger partial charge in [0.1, 0.15) is 12.2 Å². The summed E-state index contributed by atoms with van der Waals surface area (Å²) >= 11 is 0. The molecule has 53 heavy (non-hydrogen) atoms. The number of benzene rings is 3. The lowest BCUT2D eigenvalue weighted by atomic mass is 9.90. The molecule has 6 atom stereocenters. The van der Waals surface area contributed by atoms with E-state index in [0.717, 1.165) is 16.7 Å². The van der Waals surface area contributed by atoms with Gasteiger partial charge in [-0.3, -0.25) is 4.57 Å². The number of esters is 1. The van der Waals surface area contributed by atoms with Gasteiger partial charge in [0.2, 0.25) is 5.95 Å². The number of ether oxygens (including phenoxy) is 2. The van der Waals surface area contributed by atoms with Crippen molar-refractivity contribution in [1.29, 1.82) is 0 Å². The SMILES string of the molecule is O=C(OC1C(n2cnc3c(NCC(c4ccccc4)c4ccccc4)nc(N4C[C@@H](CO)[C@H](Cc5ccccc5)C4)nc32)O[C@H](CO)[C@@H]1O)C(F)(F)F. The molecule has 278 valence electrons. The number of alkyl halides is 3. The fourth-order valence-electron chi connectivity index (χ4n) is 7.22. The number of rotatable bonds is 12. The third-order valence-corrected chi connectivity index (χ3v) is 9.96. The number of fused-ring (bicyclic) bond motifs is 1. The van der Waals surface area contributed by atoms with Gasteiger partial charge in [0.25, 0.3) is 0 Å². The Morgan fingerprint density at radius 2 is 1.53 bits per heavy atom. The summed E-state index contributed by atoms with van der Waals surface area (Å²) in [5.41, 5.74) is 3.60. The number of carbonyl (C=O) groups excluding carboxylic acids is 1. The Bertz CT molecular complexity index is 1950. The van der Waals surface area contributed by atoms with Crippen LogP contribution in [0.2, 0.25) is 0 Å². The zero-order valence-electron chi connectivity index (χ0n) is 28.5. The Morgan fingerprint density at radius 3 is 2.13 bits per heavy atom. The van der Waals surface area contributed by atoms with Crippen molar-refractivity contribution in [1.82, 2.24) is 19.5 Å². The molecular formula is C38H39F3N6O6. The van der Waals surface area contributed by atoms with E-state index in [1.54, 1.807) is 0 Å². The molecule has 3 aromatic carbocycles. The minimum atomic E-state index is -5.34. The predicted molar refractivity (Wildman–Crippen MR) is 188 cm³/mol. The molecule has 5 aromatic rings. The number of halogens is 3. The molecule has 0 amide bonds. The lowest BCUT2D eigenvalue weighted by Gasteiger charge is -2.23. The van der Waals surface area contributed by atoms with Gasteiger partial charge >= 0.3 is 12.1 Å². The number of carbonyl (C=O) groups is 1. The van der Waals surface area contributed by atoms with Gasteiger partial charge in [0.05, 0.1) is 12.9 Å². The highest BCUT2D eigenvalue weighted by Gasteiger charge is 2.51. The Labute approximate surface area is 302 Å². The number of aliphatic hydroxyl groups excluding tert-OH is 3. The summed E-state index contributed by atoms with van der Waals surface area (Å²) in [5, 5.41) is 34.5. The first-order valence-corrected chi connectivity index (χ1v) is 17.3. The van der Waals surface area contributed by atoms with E-state index >= 15 is 0 Å². The van der Waals surface area contributed by atoms with Crippen molar-refractivity contribution in [3.63, 3.8) is 0 Å². The lowest BCUT2D eigenvalue weighted by Crippen LogP contribution is -2.40. The minimum absolute atomic E-state index is 0.0578. The molecule has 2 saturated heterocycles. The molecule has 2 unspecified atom stereocenters. The molecule has 2 fully saturated rings. The molecule has 2 aromatic heterocycles. The number of aromatic nitrogens is 4. The van der Waals surface area contributed by atoms with Gasteiger partial charge in [0.15, 0.2) is 29.3 Å². The van der Waals surface area contributed by atoms with E-state index in [1.807, 2.05) is 95.9 Å². The van der Waals surface area contributed by atoms with Crippen molar-refractivity contribution in [2.75, 3.05) is 43.1 Å². The number of nitrogens with zero attached hydrogens (tertiary/aromatic N) is 5. The molecule has 0 radical (unpaired) electrons. The average Bonchev–Trinajstić information content (AvgIpc) is 3.87. The van der Waals surface area contributed by atoms with Crippen LogP contribution < -0.4 is 10.2 Å². The molecule has 12 nitrogen and oxygen atoms in total. The monoisotopic (exact) mass is 732 g/mol. The van der Waals surface area contributed by atoms with E-state index in [1.165, 1.54) is 10.9 Å². The fraction of sp³-hybridized carbons (Fsp3) is 0.368. The standard InChI is InChI=1S/C38H39F3N6O6/c39-38(40,41)36(51)53-32-31(50)29(21-49)52-35(32)47-22-43-30-33(42-17-28(24-12-6-2-7-13-24)25-14-8-3-9-15-25)44-37(45-34(30)47)46-18-26(27(19-46)20-48)16-23-10-4-1-5-11-23/h1-15,22,26-29,31-32,35,48-50H,16-21H2,(H,42,44,45)/t26-,27+,29-,31+,32?,35?/m1/s1. The highest BCUT2D eigenvalue weighted by molar-refractivity contribution is 5.84. The van der Waals surface area contributed by atoms with Crippen molar-refractivity contribution >= 4 is 28.9 Å². The van der Waals surface area contributed by atoms with Crippen LogP contribution >= 0.6 is 0 Å². The Hall–Kier alpha value is -5.09. The van der Waals surface area contributed by atoms with Crippen molar-refractivity contribution in [3.05, 3.63) is 114 Å². The maximum atomic E-state index is 13.3. The summed E-state index contributed by atoms with van der Waals surface area (Å²) in [5.74, 6) is -2.06. The van der Waals surface area contributed by atoms with Crippen molar-refractivity contribution in [2.45, 2.75) is 43.1 Å². The molecular weight excluding hydrogens is 693 g/mol. The van der Waals surface area contributed by atoms with Crippen LogP contribution in [-0.4, -0.2) is 98.1 Å². The molecule has 7 rings (SSSR count). The summed E-state index contributed by atoms with van der Waals surface area (Å²) in [6.45, 7) is 0.502. The third-order valence-electron chi connectivity index (χ3n) is 9.96. The zero-order chi connectivity index (χ0) is 37.1. The average molecular weight is 733 g/mol.